The fourth-order valence-electron chi connectivity index (χ4n) is 4.45. The topological polar surface area (TPSA) is 114 Å². The van der Waals surface area contributed by atoms with Gasteiger partial charge in [-0.15, -0.1) is 0 Å². The van der Waals surface area contributed by atoms with Gasteiger partial charge in [0, 0.05) is 0 Å². The number of hydrogen-bond acceptors (Lipinski definition) is 9. The zero-order chi connectivity index (χ0) is 30.9. The Hall–Kier alpha value is -5.35. The molecule has 1 heterocycles. The van der Waals surface area contributed by atoms with Gasteiger partial charge in [0.05, 0.1) is 22.3 Å². The van der Waals surface area contributed by atoms with Gasteiger partial charge in [-0.05, 0) is 48.5 Å². The number of rotatable bonds is 9. The second kappa shape index (κ2) is 14.2. The molecule has 4 aromatic carbocycles. The molecule has 0 unspecified atom stereocenters. The molecule has 0 spiro atoms. The van der Waals surface area contributed by atoms with E-state index in [-0.39, 0.29) is 22.3 Å². The minimum absolute atomic E-state index is 0.101. The van der Waals surface area contributed by atoms with Crippen LogP contribution >= 0.6 is 0 Å². The molecule has 1 aliphatic heterocycles. The molecule has 0 aliphatic carbocycles. The van der Waals surface area contributed by atoms with Crippen molar-refractivity contribution in [3.05, 3.63) is 144 Å². The van der Waals surface area contributed by atoms with Crippen molar-refractivity contribution in [2.45, 2.75) is 30.8 Å². The predicted molar refractivity (Wildman–Crippen MR) is 153 cm³/mol. The maximum absolute atomic E-state index is 16.3. The van der Waals surface area contributed by atoms with Gasteiger partial charge in [0.1, 0.15) is 12.7 Å². The van der Waals surface area contributed by atoms with Crippen LogP contribution in [-0.2, 0) is 23.7 Å². The maximum atomic E-state index is 16.3. The minimum atomic E-state index is -2.17. The molecular weight excluding hydrogens is 571 g/mol. The van der Waals surface area contributed by atoms with Crippen LogP contribution in [-0.4, -0.2) is 61.3 Å². The van der Waals surface area contributed by atoms with E-state index in [2.05, 4.69) is 0 Å². The Labute approximate surface area is 252 Å². The van der Waals surface area contributed by atoms with Gasteiger partial charge in [-0.1, -0.05) is 72.8 Å². The SMILES string of the molecule is O=C(OC[C@H]1O[C@@H](OC(=O)c2ccccc2)[C@H](OC(=O)c2ccccc2)[C@@H](OC(=O)c2ccccc2)[C@@H]1F)c1ccccc1. The highest BCUT2D eigenvalue weighted by molar-refractivity contribution is 5.91. The van der Waals surface area contributed by atoms with Crippen LogP contribution in [0.2, 0.25) is 0 Å². The van der Waals surface area contributed by atoms with E-state index in [0.717, 1.165) is 0 Å². The first-order chi connectivity index (χ1) is 21.4. The van der Waals surface area contributed by atoms with E-state index in [4.69, 9.17) is 23.7 Å². The molecule has 0 aromatic heterocycles. The van der Waals surface area contributed by atoms with Gasteiger partial charge in [-0.3, -0.25) is 0 Å². The Morgan fingerprint density at radius 2 is 0.886 bits per heavy atom. The third kappa shape index (κ3) is 7.34. The number of benzene rings is 4. The van der Waals surface area contributed by atoms with E-state index in [0.29, 0.717) is 0 Å². The van der Waals surface area contributed by atoms with Gasteiger partial charge in [0.15, 0.2) is 12.3 Å². The summed E-state index contributed by atoms with van der Waals surface area (Å²) in [5.74, 6) is -3.45. The number of hydrogen-bond donors (Lipinski definition) is 0. The summed E-state index contributed by atoms with van der Waals surface area (Å²) in [5, 5.41) is 0. The normalized spacial score (nSPS) is 21.0. The Morgan fingerprint density at radius 3 is 1.32 bits per heavy atom. The average molecular weight is 599 g/mol. The first-order valence-electron chi connectivity index (χ1n) is 13.7. The van der Waals surface area contributed by atoms with E-state index in [9.17, 15) is 19.2 Å². The summed E-state index contributed by atoms with van der Waals surface area (Å²) in [6.45, 7) is -0.632. The van der Waals surface area contributed by atoms with Crippen molar-refractivity contribution in [1.29, 1.82) is 0 Å². The minimum Gasteiger partial charge on any atom is -0.459 e. The Kier molecular flexibility index (Phi) is 9.73. The molecule has 0 radical (unpaired) electrons. The highest BCUT2D eigenvalue weighted by Crippen LogP contribution is 2.31. The van der Waals surface area contributed by atoms with Gasteiger partial charge in [0.2, 0.25) is 12.4 Å². The third-order valence-electron chi connectivity index (χ3n) is 6.70. The van der Waals surface area contributed by atoms with Crippen molar-refractivity contribution in [3.8, 4) is 0 Å². The molecule has 10 heteroatoms. The van der Waals surface area contributed by atoms with Gasteiger partial charge in [-0.25, -0.2) is 23.6 Å². The van der Waals surface area contributed by atoms with Crippen LogP contribution in [0.25, 0.3) is 0 Å². The van der Waals surface area contributed by atoms with Gasteiger partial charge < -0.3 is 23.7 Å². The van der Waals surface area contributed by atoms with Crippen LogP contribution in [0.1, 0.15) is 41.4 Å². The van der Waals surface area contributed by atoms with Crippen LogP contribution in [0.15, 0.2) is 121 Å². The number of ether oxygens (including phenoxy) is 5. The lowest BCUT2D eigenvalue weighted by molar-refractivity contribution is -0.272. The molecule has 0 N–H and O–H groups in total. The molecule has 0 saturated carbocycles. The number of carbonyl (C=O) groups is 4. The van der Waals surface area contributed by atoms with Crippen molar-refractivity contribution in [2.24, 2.45) is 0 Å². The predicted octanol–water partition coefficient (Wildman–Crippen LogP) is 5.21. The largest absolute Gasteiger partial charge is 0.459 e. The summed E-state index contributed by atoms with van der Waals surface area (Å²) in [7, 11) is 0. The Morgan fingerprint density at radius 1 is 0.523 bits per heavy atom. The lowest BCUT2D eigenvalue weighted by Gasteiger charge is -2.41. The molecule has 44 heavy (non-hydrogen) atoms. The molecule has 1 aliphatic rings. The number of halogens is 1. The van der Waals surface area contributed by atoms with Crippen molar-refractivity contribution >= 4 is 23.9 Å². The molecular formula is C34H27FO9. The highest BCUT2D eigenvalue weighted by atomic mass is 19.1. The number of carbonyl (C=O) groups excluding carboxylic acids is 4. The molecule has 9 nitrogen and oxygen atoms in total. The molecule has 1 saturated heterocycles. The third-order valence-corrected chi connectivity index (χ3v) is 6.70. The summed E-state index contributed by atoms with van der Waals surface area (Å²) >= 11 is 0. The second-order valence-corrected chi connectivity index (χ2v) is 9.70. The smallest absolute Gasteiger partial charge is 0.340 e. The first kappa shape index (κ1) is 30.1. The molecule has 0 bridgehead atoms. The molecule has 4 aromatic rings. The first-order valence-corrected chi connectivity index (χ1v) is 13.7. The quantitative estimate of drug-likeness (QED) is 0.189. The molecule has 5 atom stereocenters. The van der Waals surface area contributed by atoms with E-state index < -0.39 is 61.3 Å². The van der Waals surface area contributed by atoms with E-state index in [1.807, 2.05) is 0 Å². The van der Waals surface area contributed by atoms with Crippen LogP contribution in [0, 0.1) is 0 Å². The summed E-state index contributed by atoms with van der Waals surface area (Å²) in [6.07, 6.45) is -9.06. The zero-order valence-corrected chi connectivity index (χ0v) is 23.2. The second-order valence-electron chi connectivity index (χ2n) is 9.70. The molecule has 224 valence electrons. The zero-order valence-electron chi connectivity index (χ0n) is 23.2. The van der Waals surface area contributed by atoms with Crippen LogP contribution in [0.4, 0.5) is 4.39 Å². The molecule has 5 rings (SSSR count). The monoisotopic (exact) mass is 598 g/mol. The van der Waals surface area contributed by atoms with E-state index in [1.54, 1.807) is 72.8 Å². The summed E-state index contributed by atoms with van der Waals surface area (Å²) in [6, 6.07) is 31.5. The summed E-state index contributed by atoms with van der Waals surface area (Å²) < 4.78 is 44.1. The average Bonchev–Trinajstić information content (AvgIpc) is 3.08. The van der Waals surface area contributed by atoms with Crippen molar-refractivity contribution in [2.75, 3.05) is 6.61 Å². The van der Waals surface area contributed by atoms with Crippen LogP contribution < -0.4 is 0 Å². The van der Waals surface area contributed by atoms with Gasteiger partial charge >= 0.3 is 23.9 Å². The fourth-order valence-corrected chi connectivity index (χ4v) is 4.45. The highest BCUT2D eigenvalue weighted by Gasteiger charge is 2.53. The number of esters is 4. The molecule has 1 fully saturated rings. The van der Waals surface area contributed by atoms with E-state index in [1.165, 1.54) is 48.5 Å². The van der Waals surface area contributed by atoms with E-state index >= 15 is 4.39 Å². The lowest BCUT2D eigenvalue weighted by Crippen LogP contribution is -2.61. The standard InChI is InChI=1S/C34H27FO9/c35-27-26(21-40-30(36)22-13-5-1-6-14-22)41-34(44-33(39)25-19-11-4-12-20-25)29(43-32(38)24-17-9-3-10-18-24)28(27)42-31(37)23-15-7-2-8-16-23/h1-20,26-29,34H,21H2/t26-,27-,28+,29-,34+/m1/s1. The number of alkyl halides is 1. The Bertz CT molecular complexity index is 1570. The van der Waals surface area contributed by atoms with Crippen LogP contribution in [0.5, 0.6) is 0 Å². The maximum Gasteiger partial charge on any atom is 0.340 e. The van der Waals surface area contributed by atoms with Gasteiger partial charge in [0.25, 0.3) is 0 Å². The van der Waals surface area contributed by atoms with Crippen LogP contribution in [0.3, 0.4) is 0 Å². The van der Waals surface area contributed by atoms with Gasteiger partial charge in [-0.2, -0.15) is 0 Å². The summed E-state index contributed by atoms with van der Waals surface area (Å²) in [5.41, 5.74) is 0.566. The Balaban J connectivity index is 1.46. The van der Waals surface area contributed by atoms with Crippen molar-refractivity contribution in [3.63, 3.8) is 0 Å². The lowest BCUT2D eigenvalue weighted by atomic mass is 9.99. The van der Waals surface area contributed by atoms with Crippen molar-refractivity contribution in [1.82, 2.24) is 0 Å². The molecule has 0 amide bonds. The van der Waals surface area contributed by atoms with Crippen molar-refractivity contribution < 1.29 is 47.3 Å². The summed E-state index contributed by atoms with van der Waals surface area (Å²) in [4.78, 5) is 51.9. The fraction of sp³-hybridized carbons (Fsp3) is 0.176.